The minimum absolute atomic E-state index is 0.188. The zero-order valence-corrected chi connectivity index (χ0v) is 17.3. The van der Waals surface area contributed by atoms with Crippen molar-refractivity contribution in [3.05, 3.63) is 39.8 Å². The summed E-state index contributed by atoms with van der Waals surface area (Å²) in [4.78, 5) is 37.2. The molecule has 0 atom stereocenters. The van der Waals surface area contributed by atoms with Crippen molar-refractivity contribution >= 4 is 34.0 Å². The van der Waals surface area contributed by atoms with Gasteiger partial charge in [-0.05, 0) is 45.4 Å². The van der Waals surface area contributed by atoms with E-state index in [4.69, 9.17) is 14.2 Å². The fraction of sp³-hybridized carbons (Fsp3) is 0.350. The van der Waals surface area contributed by atoms with E-state index in [0.29, 0.717) is 21.9 Å². The molecule has 0 aliphatic rings. The maximum absolute atomic E-state index is 12.4. The predicted octanol–water partition coefficient (Wildman–Crippen LogP) is 3.77. The summed E-state index contributed by atoms with van der Waals surface area (Å²) in [6.45, 7) is 6.72. The van der Waals surface area contributed by atoms with Gasteiger partial charge in [-0.2, -0.15) is 0 Å². The van der Waals surface area contributed by atoms with Gasteiger partial charge in [0.05, 0.1) is 24.8 Å². The lowest BCUT2D eigenvalue weighted by Gasteiger charge is -2.12. The summed E-state index contributed by atoms with van der Waals surface area (Å²) in [5.41, 5.74) is 1.47. The van der Waals surface area contributed by atoms with E-state index in [-0.39, 0.29) is 24.7 Å². The topological polar surface area (TPSA) is 90.9 Å². The van der Waals surface area contributed by atoms with Crippen LogP contribution in [0, 0.1) is 13.8 Å². The lowest BCUT2D eigenvalue weighted by Crippen LogP contribution is -2.21. The average Bonchev–Trinajstić information content (AvgIpc) is 2.93. The van der Waals surface area contributed by atoms with E-state index in [1.54, 1.807) is 32.0 Å². The van der Waals surface area contributed by atoms with Crippen LogP contribution in [0.1, 0.15) is 45.0 Å². The number of esters is 1. The van der Waals surface area contributed by atoms with E-state index < -0.39 is 11.9 Å². The summed E-state index contributed by atoms with van der Waals surface area (Å²) < 4.78 is 15.7. The van der Waals surface area contributed by atoms with Crippen LogP contribution in [0.15, 0.2) is 18.2 Å². The Bertz CT molecular complexity index is 902. The zero-order chi connectivity index (χ0) is 20.8. The number of anilines is 1. The van der Waals surface area contributed by atoms with Crippen LogP contribution in [0.2, 0.25) is 0 Å². The molecular formula is C20H23NO6S. The molecular weight excluding hydrogens is 382 g/mol. The number of benzene rings is 1. The maximum Gasteiger partial charge on any atom is 0.341 e. The van der Waals surface area contributed by atoms with Gasteiger partial charge in [0.25, 0.3) is 5.91 Å². The van der Waals surface area contributed by atoms with Crippen molar-refractivity contribution in [3.63, 3.8) is 0 Å². The Balaban J connectivity index is 2.15. The van der Waals surface area contributed by atoms with Gasteiger partial charge in [0.2, 0.25) is 0 Å². The first-order chi connectivity index (χ1) is 13.3. The summed E-state index contributed by atoms with van der Waals surface area (Å²) in [5, 5.41) is 3.11. The zero-order valence-electron chi connectivity index (χ0n) is 16.5. The summed E-state index contributed by atoms with van der Waals surface area (Å²) in [7, 11) is 1.50. The Labute approximate surface area is 167 Å². The number of carbonyl (C=O) groups excluding carboxylic acids is 3. The number of Topliss-reactive ketones (excluding diaryl/α,β-unsaturated/α-hetero) is 1. The molecule has 0 fully saturated rings. The lowest BCUT2D eigenvalue weighted by atomic mass is 10.1. The van der Waals surface area contributed by atoms with Crippen LogP contribution < -0.4 is 14.8 Å². The van der Waals surface area contributed by atoms with Crippen molar-refractivity contribution in [2.75, 3.05) is 25.6 Å². The minimum Gasteiger partial charge on any atom is -0.497 e. The number of hydrogen-bond donors (Lipinski definition) is 1. The molecule has 0 aliphatic carbocycles. The third kappa shape index (κ3) is 4.89. The molecule has 0 saturated heterocycles. The van der Waals surface area contributed by atoms with Gasteiger partial charge in [-0.3, -0.25) is 9.59 Å². The van der Waals surface area contributed by atoms with Gasteiger partial charge in [-0.25, -0.2) is 4.79 Å². The third-order valence-corrected chi connectivity index (χ3v) is 5.17. The van der Waals surface area contributed by atoms with Crippen molar-refractivity contribution < 1.29 is 28.6 Å². The Hall–Kier alpha value is -2.87. The number of thiophene rings is 1. The number of amides is 1. The van der Waals surface area contributed by atoms with Crippen LogP contribution in [-0.4, -0.2) is 38.0 Å². The van der Waals surface area contributed by atoms with Crippen LogP contribution in [0.4, 0.5) is 5.00 Å². The van der Waals surface area contributed by atoms with Crippen molar-refractivity contribution in [2.24, 2.45) is 0 Å². The molecule has 7 nitrogen and oxygen atoms in total. The van der Waals surface area contributed by atoms with Crippen LogP contribution in [0.3, 0.4) is 0 Å². The highest BCUT2D eigenvalue weighted by molar-refractivity contribution is 7.16. The highest BCUT2D eigenvalue weighted by atomic mass is 32.1. The minimum atomic E-state index is -0.479. The van der Waals surface area contributed by atoms with Gasteiger partial charge < -0.3 is 19.5 Å². The smallest absolute Gasteiger partial charge is 0.341 e. The Morgan fingerprint density at radius 1 is 1.18 bits per heavy atom. The number of carbonyl (C=O) groups is 3. The Morgan fingerprint density at radius 3 is 2.50 bits per heavy atom. The van der Waals surface area contributed by atoms with Crippen molar-refractivity contribution in [1.82, 2.24) is 0 Å². The summed E-state index contributed by atoms with van der Waals surface area (Å²) >= 11 is 1.30. The molecule has 1 amide bonds. The molecule has 1 aromatic heterocycles. The van der Waals surface area contributed by atoms with Gasteiger partial charge in [0.1, 0.15) is 16.5 Å². The number of rotatable bonds is 8. The van der Waals surface area contributed by atoms with Crippen molar-refractivity contribution in [3.8, 4) is 11.5 Å². The number of methoxy groups -OCH3 is 1. The predicted molar refractivity (Wildman–Crippen MR) is 107 cm³/mol. The third-order valence-electron chi connectivity index (χ3n) is 4.04. The molecule has 28 heavy (non-hydrogen) atoms. The van der Waals surface area contributed by atoms with Crippen LogP contribution >= 0.6 is 11.3 Å². The van der Waals surface area contributed by atoms with E-state index in [2.05, 4.69) is 5.32 Å². The van der Waals surface area contributed by atoms with E-state index in [1.807, 2.05) is 6.92 Å². The molecule has 8 heteroatoms. The molecule has 0 spiro atoms. The van der Waals surface area contributed by atoms with Gasteiger partial charge in [-0.1, -0.05) is 0 Å². The lowest BCUT2D eigenvalue weighted by molar-refractivity contribution is -0.118. The summed E-state index contributed by atoms with van der Waals surface area (Å²) in [6, 6.07) is 4.78. The first-order valence-corrected chi connectivity index (χ1v) is 9.48. The molecule has 2 aromatic rings. The largest absolute Gasteiger partial charge is 0.497 e. The monoisotopic (exact) mass is 405 g/mol. The van der Waals surface area contributed by atoms with Gasteiger partial charge in [-0.15, -0.1) is 11.3 Å². The average molecular weight is 405 g/mol. The first-order valence-electron chi connectivity index (χ1n) is 8.67. The van der Waals surface area contributed by atoms with Crippen LogP contribution in [-0.2, 0) is 9.53 Å². The molecule has 0 radical (unpaired) electrons. The fourth-order valence-corrected chi connectivity index (χ4v) is 3.57. The second-order valence-corrected chi connectivity index (χ2v) is 7.19. The van der Waals surface area contributed by atoms with Gasteiger partial charge in [0.15, 0.2) is 12.4 Å². The Morgan fingerprint density at radius 2 is 1.89 bits per heavy atom. The molecule has 1 N–H and O–H groups in total. The van der Waals surface area contributed by atoms with E-state index in [0.717, 1.165) is 10.4 Å². The van der Waals surface area contributed by atoms with E-state index in [9.17, 15) is 14.4 Å². The number of ketones is 1. The number of ether oxygens (including phenoxy) is 3. The highest BCUT2D eigenvalue weighted by Gasteiger charge is 2.22. The summed E-state index contributed by atoms with van der Waals surface area (Å²) in [6.07, 6.45) is 0. The second kappa shape index (κ2) is 9.36. The Kier molecular flexibility index (Phi) is 7.17. The molecule has 0 aliphatic heterocycles. The number of hydrogen-bond acceptors (Lipinski definition) is 7. The molecule has 2 rings (SSSR count). The van der Waals surface area contributed by atoms with Gasteiger partial charge >= 0.3 is 5.97 Å². The molecule has 0 unspecified atom stereocenters. The number of nitrogens with one attached hydrogen (secondary N) is 1. The molecule has 0 saturated carbocycles. The van der Waals surface area contributed by atoms with Crippen LogP contribution in [0.25, 0.3) is 0 Å². The highest BCUT2D eigenvalue weighted by Crippen LogP contribution is 2.33. The van der Waals surface area contributed by atoms with Crippen LogP contribution in [0.5, 0.6) is 11.5 Å². The second-order valence-electron chi connectivity index (χ2n) is 5.96. The number of aryl methyl sites for hydroxylation is 1. The SMILES string of the molecule is CCOC(=O)c1c(NC(=O)COc2cc(OC)ccc2C(C)=O)sc(C)c1C. The standard InChI is InChI=1S/C20H23NO6S/c1-6-26-20(24)18-11(2)13(4)28-19(18)21-17(23)10-27-16-9-14(25-5)7-8-15(16)12(3)22/h7-9H,6,10H2,1-5H3,(H,21,23). The quantitative estimate of drug-likeness (QED) is 0.531. The van der Waals surface area contributed by atoms with E-state index >= 15 is 0 Å². The first kappa shape index (κ1) is 21.4. The fourth-order valence-electron chi connectivity index (χ4n) is 2.51. The van der Waals surface area contributed by atoms with Crippen molar-refractivity contribution in [2.45, 2.75) is 27.7 Å². The van der Waals surface area contributed by atoms with Crippen molar-refractivity contribution in [1.29, 1.82) is 0 Å². The summed E-state index contributed by atoms with van der Waals surface area (Å²) in [5.74, 6) is -0.357. The van der Waals surface area contributed by atoms with Gasteiger partial charge in [0, 0.05) is 10.9 Å². The molecule has 0 bridgehead atoms. The van der Waals surface area contributed by atoms with E-state index in [1.165, 1.54) is 25.4 Å². The normalized spacial score (nSPS) is 10.3. The molecule has 1 aromatic carbocycles. The molecule has 1 heterocycles. The maximum atomic E-state index is 12.4. The molecule has 150 valence electrons.